The zero-order chi connectivity index (χ0) is 13.2. The van der Waals surface area contributed by atoms with Crippen molar-refractivity contribution < 1.29 is 4.79 Å². The summed E-state index contributed by atoms with van der Waals surface area (Å²) in [4.78, 5) is 12.7. The van der Waals surface area contributed by atoms with Crippen molar-refractivity contribution in [3.05, 3.63) is 46.8 Å². The first-order valence-electron chi connectivity index (χ1n) is 5.69. The van der Waals surface area contributed by atoms with Gasteiger partial charge in [0.2, 0.25) is 0 Å². The Hall–Kier alpha value is -1.23. The van der Waals surface area contributed by atoms with E-state index in [1.807, 2.05) is 29.6 Å². The molecule has 1 aliphatic rings. The van der Waals surface area contributed by atoms with Crippen LogP contribution in [-0.4, -0.2) is 11.8 Å². The van der Waals surface area contributed by atoms with E-state index in [1.165, 1.54) is 0 Å². The number of carbonyl (C=O) groups is 1. The largest absolute Gasteiger partial charge is 0.271 e. The normalized spacial score (nSPS) is 16.8. The van der Waals surface area contributed by atoms with Gasteiger partial charge in [-0.1, -0.05) is 30.4 Å². The summed E-state index contributed by atoms with van der Waals surface area (Å²) in [5.74, 6) is -0.333. The second kappa shape index (κ2) is 5.41. The molecule has 0 radical (unpaired) electrons. The Kier molecular flexibility index (Phi) is 3.64. The number of fused-ring (bicyclic) bond motifs is 2. The van der Waals surface area contributed by atoms with E-state index in [4.69, 9.17) is 11.6 Å². The van der Waals surface area contributed by atoms with Crippen molar-refractivity contribution in [2.45, 2.75) is 9.10 Å². The Morgan fingerprint density at radius 1 is 1.21 bits per heavy atom. The number of hydrogen-bond donors (Lipinski definition) is 0. The highest BCUT2D eigenvalue weighted by Gasteiger charge is 2.17. The summed E-state index contributed by atoms with van der Waals surface area (Å²) in [5.41, 5.74) is 2.25. The van der Waals surface area contributed by atoms with Crippen molar-refractivity contribution in [2.75, 3.05) is 5.88 Å². The van der Waals surface area contributed by atoms with Crippen LogP contribution < -0.4 is 0 Å². The van der Waals surface area contributed by atoms with Crippen LogP contribution >= 0.6 is 22.9 Å². The lowest BCUT2D eigenvalue weighted by molar-refractivity contribution is -0.115. The molecule has 2 heterocycles. The summed E-state index contributed by atoms with van der Waals surface area (Å²) >= 11 is 7.22. The Labute approximate surface area is 122 Å². The predicted octanol–water partition coefficient (Wildman–Crippen LogP) is 4.22. The molecule has 0 saturated carbocycles. The van der Waals surface area contributed by atoms with E-state index in [9.17, 15) is 4.79 Å². The Balaban J connectivity index is 2.26. The van der Waals surface area contributed by atoms with Gasteiger partial charge in [0, 0.05) is 10.5 Å². The van der Waals surface area contributed by atoms with Gasteiger partial charge >= 0.3 is 0 Å². The van der Waals surface area contributed by atoms with Gasteiger partial charge in [-0.2, -0.15) is 4.36 Å². The number of amides is 1. The van der Waals surface area contributed by atoms with Crippen LogP contribution in [0, 0.1) is 0 Å². The van der Waals surface area contributed by atoms with Gasteiger partial charge in [-0.3, -0.25) is 4.79 Å². The molecule has 19 heavy (non-hydrogen) atoms. The van der Waals surface area contributed by atoms with Crippen LogP contribution in [0.1, 0.15) is 11.1 Å². The molecule has 2 aromatic rings. The average molecular weight is 308 g/mol. The lowest BCUT2D eigenvalue weighted by Crippen LogP contribution is -2.00. The Morgan fingerprint density at radius 2 is 2.00 bits per heavy atom. The van der Waals surface area contributed by atoms with Crippen molar-refractivity contribution in [3.63, 3.8) is 0 Å². The fourth-order valence-corrected chi connectivity index (χ4v) is 5.11. The van der Waals surface area contributed by atoms with E-state index in [-0.39, 0.29) is 11.8 Å². The fourth-order valence-electron chi connectivity index (χ4n) is 1.88. The quantitative estimate of drug-likeness (QED) is 0.619. The van der Waals surface area contributed by atoms with Crippen LogP contribution in [-0.2, 0) is 15.5 Å². The third-order valence-electron chi connectivity index (χ3n) is 2.71. The lowest BCUT2D eigenvalue weighted by atomic mass is 10.2. The number of halogens is 1. The van der Waals surface area contributed by atoms with Crippen LogP contribution in [0.2, 0.25) is 0 Å². The maximum absolute atomic E-state index is 11.6. The molecule has 2 nitrogen and oxygen atoms in total. The maximum Gasteiger partial charge on any atom is 0.267 e. The second-order valence-corrected chi connectivity index (χ2v) is 6.98. The molecule has 96 valence electrons. The fraction of sp³-hybridized carbons (Fsp3) is 0.0714. The molecular formula is C14H10ClNOS2. The molecule has 0 fully saturated rings. The van der Waals surface area contributed by atoms with Gasteiger partial charge in [-0.05, 0) is 33.8 Å². The molecule has 0 aliphatic carbocycles. The SMILES string of the molecule is O=C(CCl)N=S1c2ccccc2C=Cc2ccsc21. The third-order valence-corrected chi connectivity index (χ3v) is 6.19. The molecule has 1 aromatic heterocycles. The standard InChI is InChI=1S/C14H10ClNOS2/c15-9-13(17)16-19-12-4-2-1-3-10(12)5-6-11-7-8-18-14(11)19/h1-8H,9H2. The monoisotopic (exact) mass is 307 g/mol. The average Bonchev–Trinajstić information content (AvgIpc) is 2.86. The Morgan fingerprint density at radius 3 is 2.84 bits per heavy atom. The third kappa shape index (κ3) is 2.43. The smallest absolute Gasteiger partial charge is 0.267 e. The summed E-state index contributed by atoms with van der Waals surface area (Å²) in [6.07, 6.45) is 4.16. The Bertz CT molecular complexity index is 703. The van der Waals surface area contributed by atoms with Crippen molar-refractivity contribution >= 4 is 51.7 Å². The van der Waals surface area contributed by atoms with Gasteiger partial charge in [0.25, 0.3) is 5.91 Å². The number of thiophene rings is 1. The minimum Gasteiger partial charge on any atom is -0.271 e. The summed E-state index contributed by atoms with van der Waals surface area (Å²) in [7, 11) is -0.564. The van der Waals surface area contributed by atoms with Gasteiger partial charge in [0.15, 0.2) is 0 Å². The van der Waals surface area contributed by atoms with Gasteiger partial charge in [0.1, 0.15) is 5.88 Å². The molecule has 0 spiro atoms. The van der Waals surface area contributed by atoms with E-state index >= 15 is 0 Å². The van der Waals surface area contributed by atoms with E-state index < -0.39 is 10.7 Å². The summed E-state index contributed by atoms with van der Waals surface area (Å²) in [6, 6.07) is 10.1. The minimum atomic E-state index is -0.564. The minimum absolute atomic E-state index is 0.0696. The van der Waals surface area contributed by atoms with Crippen LogP contribution in [0.5, 0.6) is 0 Å². The molecule has 3 rings (SSSR count). The summed E-state index contributed by atoms with van der Waals surface area (Å²) < 4.78 is 5.42. The number of carbonyl (C=O) groups excluding carboxylic acids is 1. The van der Waals surface area contributed by atoms with E-state index in [1.54, 1.807) is 11.3 Å². The molecule has 1 unspecified atom stereocenters. The first kappa shape index (κ1) is 12.8. The van der Waals surface area contributed by atoms with Crippen LogP contribution in [0.15, 0.2) is 49.2 Å². The highest BCUT2D eigenvalue weighted by molar-refractivity contribution is 7.90. The molecule has 0 bridgehead atoms. The zero-order valence-corrected chi connectivity index (χ0v) is 12.3. The lowest BCUT2D eigenvalue weighted by Gasteiger charge is -2.08. The van der Waals surface area contributed by atoms with Crippen molar-refractivity contribution in [2.24, 2.45) is 4.36 Å². The van der Waals surface area contributed by atoms with Crippen molar-refractivity contribution in [1.29, 1.82) is 0 Å². The van der Waals surface area contributed by atoms with Gasteiger partial charge in [-0.25, -0.2) is 0 Å². The van der Waals surface area contributed by atoms with Gasteiger partial charge in [0.05, 0.1) is 4.21 Å². The molecular weight excluding hydrogens is 298 g/mol. The number of nitrogens with zero attached hydrogens (tertiary/aromatic N) is 1. The van der Waals surface area contributed by atoms with E-state index in [0.717, 1.165) is 20.2 Å². The summed E-state index contributed by atoms with van der Waals surface area (Å²) in [5, 5.41) is 2.03. The second-order valence-electron chi connectivity index (χ2n) is 3.94. The number of alkyl halides is 1. The molecule has 0 N–H and O–H groups in total. The van der Waals surface area contributed by atoms with Crippen LogP contribution in [0.4, 0.5) is 0 Å². The van der Waals surface area contributed by atoms with Gasteiger partial charge < -0.3 is 0 Å². The topological polar surface area (TPSA) is 29.4 Å². The highest BCUT2D eigenvalue weighted by atomic mass is 35.5. The molecule has 5 heteroatoms. The number of hydrogen-bond acceptors (Lipinski definition) is 2. The number of rotatable bonds is 1. The van der Waals surface area contributed by atoms with E-state index in [2.05, 4.69) is 22.6 Å². The summed E-state index contributed by atoms with van der Waals surface area (Å²) in [6.45, 7) is 0. The molecule has 1 aliphatic heterocycles. The first-order valence-corrected chi connectivity index (χ1v) is 8.29. The maximum atomic E-state index is 11.6. The molecule has 1 atom stereocenters. The number of benzene rings is 1. The molecule has 0 saturated heterocycles. The van der Waals surface area contributed by atoms with Crippen LogP contribution in [0.3, 0.4) is 0 Å². The van der Waals surface area contributed by atoms with Gasteiger partial charge in [-0.15, -0.1) is 22.9 Å². The highest BCUT2D eigenvalue weighted by Crippen LogP contribution is 2.34. The first-order chi connectivity index (χ1) is 9.29. The molecule has 1 amide bonds. The molecule has 1 aromatic carbocycles. The van der Waals surface area contributed by atoms with Crippen LogP contribution in [0.25, 0.3) is 12.2 Å². The van der Waals surface area contributed by atoms with Crippen molar-refractivity contribution in [1.82, 2.24) is 0 Å². The zero-order valence-electron chi connectivity index (χ0n) is 9.88. The van der Waals surface area contributed by atoms with E-state index in [0.29, 0.717) is 0 Å². The predicted molar refractivity (Wildman–Crippen MR) is 81.7 cm³/mol. The van der Waals surface area contributed by atoms with Crippen molar-refractivity contribution in [3.8, 4) is 0 Å².